The van der Waals surface area contributed by atoms with Crippen LogP contribution >= 0.6 is 23.6 Å². The molecule has 3 rings (SSSR count). The highest BCUT2D eigenvalue weighted by Gasteiger charge is 2.17. The molecule has 0 aliphatic carbocycles. The van der Waals surface area contributed by atoms with E-state index in [0.717, 1.165) is 26.5 Å². The van der Waals surface area contributed by atoms with Crippen LogP contribution in [0.3, 0.4) is 0 Å². The number of anilines is 1. The average Bonchev–Trinajstić information content (AvgIpc) is 2.81. The van der Waals surface area contributed by atoms with E-state index in [-0.39, 0.29) is 5.91 Å². The van der Waals surface area contributed by atoms with Crippen LogP contribution in [0.4, 0.5) is 5.69 Å². The molecule has 80 valence electrons. The fourth-order valence-electron chi connectivity index (χ4n) is 1.82. The summed E-state index contributed by atoms with van der Waals surface area (Å²) in [6.07, 6.45) is 0.466. The fraction of sp³-hybridized carbons (Fsp3) is 0.0909. The van der Waals surface area contributed by atoms with Gasteiger partial charge in [0.1, 0.15) is 0 Å². The van der Waals surface area contributed by atoms with Gasteiger partial charge in [-0.15, -0.1) is 11.3 Å². The van der Waals surface area contributed by atoms with Crippen molar-refractivity contribution in [1.82, 2.24) is 4.98 Å². The van der Waals surface area contributed by atoms with Gasteiger partial charge >= 0.3 is 0 Å². The van der Waals surface area contributed by atoms with E-state index in [1.807, 2.05) is 23.6 Å². The number of aromatic amines is 1. The predicted octanol–water partition coefficient (Wildman–Crippen LogP) is 2.97. The van der Waals surface area contributed by atoms with Crippen molar-refractivity contribution in [2.75, 3.05) is 5.32 Å². The van der Waals surface area contributed by atoms with Gasteiger partial charge in [-0.25, -0.2) is 0 Å². The number of nitrogens with one attached hydrogen (secondary N) is 2. The molecule has 2 heterocycles. The molecule has 5 heteroatoms. The lowest BCUT2D eigenvalue weighted by Crippen LogP contribution is -2.03. The summed E-state index contributed by atoms with van der Waals surface area (Å²) >= 11 is 6.56. The van der Waals surface area contributed by atoms with Crippen molar-refractivity contribution >= 4 is 35.1 Å². The standard InChI is InChI=1S/C11H8N2OS2/c14-10-4-7-3-6(1-2-8(7)12-10)9-5-16-11(15)13-9/h1-3,5H,4H2,(H,12,14)(H,13,15). The monoisotopic (exact) mass is 248 g/mol. The Hall–Kier alpha value is -1.46. The SMILES string of the molecule is O=C1Cc2cc(-c3csc(=S)[nH]3)ccc2N1. The van der Waals surface area contributed by atoms with Crippen LogP contribution in [0, 0.1) is 3.95 Å². The summed E-state index contributed by atoms with van der Waals surface area (Å²) in [5.74, 6) is 0.0606. The van der Waals surface area contributed by atoms with E-state index in [0.29, 0.717) is 6.42 Å². The Morgan fingerprint density at radius 1 is 1.38 bits per heavy atom. The normalized spacial score (nSPS) is 13.6. The van der Waals surface area contributed by atoms with E-state index < -0.39 is 0 Å². The van der Waals surface area contributed by atoms with Crippen molar-refractivity contribution in [2.45, 2.75) is 6.42 Å². The molecule has 0 saturated carbocycles. The number of aromatic nitrogens is 1. The second-order valence-corrected chi connectivity index (χ2v) is 5.21. The first-order chi connectivity index (χ1) is 7.72. The van der Waals surface area contributed by atoms with Crippen LogP contribution < -0.4 is 5.32 Å². The molecule has 2 N–H and O–H groups in total. The Morgan fingerprint density at radius 2 is 2.25 bits per heavy atom. The van der Waals surface area contributed by atoms with Crippen LogP contribution in [-0.4, -0.2) is 10.9 Å². The second-order valence-electron chi connectivity index (χ2n) is 3.66. The van der Waals surface area contributed by atoms with Crippen molar-refractivity contribution in [3.05, 3.63) is 33.1 Å². The molecule has 3 nitrogen and oxygen atoms in total. The zero-order valence-electron chi connectivity index (χ0n) is 8.24. The third kappa shape index (κ3) is 1.58. The first-order valence-electron chi connectivity index (χ1n) is 4.83. The smallest absolute Gasteiger partial charge is 0.228 e. The molecule has 0 radical (unpaired) electrons. The number of rotatable bonds is 1. The van der Waals surface area contributed by atoms with Gasteiger partial charge in [-0.2, -0.15) is 0 Å². The second kappa shape index (κ2) is 3.54. The number of thiazole rings is 1. The minimum atomic E-state index is 0.0606. The number of benzene rings is 1. The molecule has 1 aromatic carbocycles. The van der Waals surface area contributed by atoms with Crippen LogP contribution in [-0.2, 0) is 11.2 Å². The van der Waals surface area contributed by atoms with Gasteiger partial charge in [0.05, 0.1) is 12.1 Å². The van der Waals surface area contributed by atoms with Gasteiger partial charge < -0.3 is 10.3 Å². The number of hydrogen-bond acceptors (Lipinski definition) is 3. The highest BCUT2D eigenvalue weighted by molar-refractivity contribution is 7.73. The number of fused-ring (bicyclic) bond motifs is 1. The van der Waals surface area contributed by atoms with Crippen molar-refractivity contribution < 1.29 is 4.79 Å². The lowest BCUT2D eigenvalue weighted by atomic mass is 10.1. The zero-order valence-corrected chi connectivity index (χ0v) is 9.87. The molecule has 1 aliphatic heterocycles. The first kappa shape index (κ1) is 9.74. The Balaban J connectivity index is 2.08. The molecule has 0 atom stereocenters. The Labute approximate surface area is 101 Å². The van der Waals surface area contributed by atoms with Crippen molar-refractivity contribution in [3.63, 3.8) is 0 Å². The molecule has 16 heavy (non-hydrogen) atoms. The maximum atomic E-state index is 11.2. The topological polar surface area (TPSA) is 44.9 Å². The Kier molecular flexibility index (Phi) is 2.15. The summed E-state index contributed by atoms with van der Waals surface area (Å²) in [5.41, 5.74) is 4.05. The number of carbonyl (C=O) groups is 1. The predicted molar refractivity (Wildman–Crippen MR) is 67.3 cm³/mol. The van der Waals surface area contributed by atoms with Gasteiger partial charge in [-0.05, 0) is 35.5 Å². The minimum absolute atomic E-state index is 0.0606. The van der Waals surface area contributed by atoms with Gasteiger partial charge in [0.2, 0.25) is 5.91 Å². The average molecular weight is 248 g/mol. The molecular weight excluding hydrogens is 240 g/mol. The van der Waals surface area contributed by atoms with E-state index in [1.165, 1.54) is 11.3 Å². The van der Waals surface area contributed by atoms with E-state index in [1.54, 1.807) is 0 Å². The van der Waals surface area contributed by atoms with Crippen molar-refractivity contribution in [3.8, 4) is 11.3 Å². The minimum Gasteiger partial charge on any atom is -0.337 e. The van der Waals surface area contributed by atoms with E-state index in [9.17, 15) is 4.79 Å². The van der Waals surface area contributed by atoms with E-state index in [2.05, 4.69) is 10.3 Å². The molecule has 1 aromatic heterocycles. The molecule has 0 bridgehead atoms. The number of hydrogen-bond donors (Lipinski definition) is 2. The fourth-order valence-corrected chi connectivity index (χ4v) is 2.66. The molecule has 1 amide bonds. The highest BCUT2D eigenvalue weighted by atomic mass is 32.1. The number of H-pyrrole nitrogens is 1. The zero-order chi connectivity index (χ0) is 11.1. The van der Waals surface area contributed by atoms with Crippen molar-refractivity contribution in [2.24, 2.45) is 0 Å². The quantitative estimate of drug-likeness (QED) is 0.762. The molecule has 1 aliphatic rings. The summed E-state index contributed by atoms with van der Waals surface area (Å²) in [4.78, 5) is 14.3. The number of carbonyl (C=O) groups excluding carboxylic acids is 1. The summed E-state index contributed by atoms with van der Waals surface area (Å²) in [5, 5.41) is 4.81. The molecule has 2 aromatic rings. The van der Waals surface area contributed by atoms with Gasteiger partial charge in [0, 0.05) is 11.1 Å². The van der Waals surface area contributed by atoms with E-state index in [4.69, 9.17) is 12.2 Å². The first-order valence-corrected chi connectivity index (χ1v) is 6.12. The van der Waals surface area contributed by atoms with Crippen LogP contribution in [0.5, 0.6) is 0 Å². The summed E-state index contributed by atoms with van der Waals surface area (Å²) in [6.45, 7) is 0. The molecule has 0 spiro atoms. The van der Waals surface area contributed by atoms with Crippen molar-refractivity contribution in [1.29, 1.82) is 0 Å². The van der Waals surface area contributed by atoms with E-state index >= 15 is 0 Å². The molecule has 0 unspecified atom stereocenters. The van der Waals surface area contributed by atoms with Crippen LogP contribution in [0.2, 0.25) is 0 Å². The highest BCUT2D eigenvalue weighted by Crippen LogP contribution is 2.28. The van der Waals surface area contributed by atoms with Gasteiger partial charge in [-0.1, -0.05) is 6.07 Å². The summed E-state index contributed by atoms with van der Waals surface area (Å²) in [7, 11) is 0. The summed E-state index contributed by atoms with van der Waals surface area (Å²) in [6, 6.07) is 5.95. The molecule has 0 saturated heterocycles. The van der Waals surface area contributed by atoms with Gasteiger partial charge in [-0.3, -0.25) is 4.79 Å². The summed E-state index contributed by atoms with van der Waals surface area (Å²) < 4.78 is 0.768. The lowest BCUT2D eigenvalue weighted by Gasteiger charge is -2.01. The molecule has 0 fully saturated rings. The third-order valence-electron chi connectivity index (χ3n) is 2.56. The maximum absolute atomic E-state index is 11.2. The maximum Gasteiger partial charge on any atom is 0.228 e. The third-order valence-corrected chi connectivity index (χ3v) is 3.62. The number of amides is 1. The Morgan fingerprint density at radius 3 is 3.00 bits per heavy atom. The Bertz CT molecular complexity index is 627. The largest absolute Gasteiger partial charge is 0.337 e. The van der Waals surface area contributed by atoms with Crippen LogP contribution in [0.15, 0.2) is 23.6 Å². The van der Waals surface area contributed by atoms with Crippen LogP contribution in [0.1, 0.15) is 5.56 Å². The lowest BCUT2D eigenvalue weighted by molar-refractivity contribution is -0.115. The van der Waals surface area contributed by atoms with Gasteiger partial charge in [0.15, 0.2) is 3.95 Å². The van der Waals surface area contributed by atoms with Gasteiger partial charge in [0.25, 0.3) is 0 Å². The van der Waals surface area contributed by atoms with Crippen LogP contribution in [0.25, 0.3) is 11.3 Å². The molecular formula is C11H8N2OS2.